The smallest absolute Gasteiger partial charge is 0.243 e. The van der Waals surface area contributed by atoms with Crippen molar-refractivity contribution in [2.24, 2.45) is 0 Å². The Labute approximate surface area is 118 Å². The third-order valence-electron chi connectivity index (χ3n) is 3.66. The number of carbonyl (C=O) groups excluding carboxylic acids is 1. The summed E-state index contributed by atoms with van der Waals surface area (Å²) in [5.41, 5.74) is 1.28. The van der Waals surface area contributed by atoms with Crippen LogP contribution in [0.25, 0.3) is 0 Å². The minimum Gasteiger partial charge on any atom is -0.374 e. The average Bonchev–Trinajstić information content (AvgIpc) is 2.47. The Morgan fingerprint density at radius 2 is 1.80 bits per heavy atom. The fourth-order valence-corrected chi connectivity index (χ4v) is 4.11. The van der Waals surface area contributed by atoms with E-state index < -0.39 is 10.0 Å². The van der Waals surface area contributed by atoms with Gasteiger partial charge in [0.1, 0.15) is 0 Å². The highest BCUT2D eigenvalue weighted by molar-refractivity contribution is 7.89. The first-order chi connectivity index (χ1) is 9.57. The Morgan fingerprint density at radius 1 is 1.05 bits per heavy atom. The Hall–Kier alpha value is -1.60. The van der Waals surface area contributed by atoms with Crippen LogP contribution in [0.3, 0.4) is 0 Å². The molecule has 3 rings (SSSR count). The summed E-state index contributed by atoms with van der Waals surface area (Å²) >= 11 is 0. The first-order valence-corrected chi connectivity index (χ1v) is 8.19. The molecule has 2 N–H and O–H groups in total. The molecule has 0 saturated carbocycles. The lowest BCUT2D eigenvalue weighted by atomic mass is 10.2. The van der Waals surface area contributed by atoms with Gasteiger partial charge in [-0.3, -0.25) is 4.79 Å². The van der Waals surface area contributed by atoms with E-state index in [2.05, 4.69) is 10.6 Å². The molecule has 0 aliphatic carbocycles. The fraction of sp³-hybridized carbons (Fsp3) is 0.462. The number of carbonyl (C=O) groups is 1. The van der Waals surface area contributed by atoms with E-state index in [0.29, 0.717) is 18.8 Å². The maximum atomic E-state index is 12.5. The van der Waals surface area contributed by atoms with Gasteiger partial charge in [-0.05, 0) is 31.0 Å². The highest BCUT2D eigenvalue weighted by atomic mass is 32.2. The highest BCUT2D eigenvalue weighted by Gasteiger charge is 2.27. The molecule has 0 bridgehead atoms. The third kappa shape index (κ3) is 2.38. The maximum Gasteiger partial charge on any atom is 0.243 e. The molecule has 0 atom stereocenters. The maximum absolute atomic E-state index is 12.5. The molecule has 0 aromatic heterocycles. The summed E-state index contributed by atoms with van der Waals surface area (Å²) in [6.45, 7) is 1.36. The summed E-state index contributed by atoms with van der Waals surface area (Å²) < 4.78 is 26.6. The van der Waals surface area contributed by atoms with Crippen molar-refractivity contribution in [1.82, 2.24) is 4.31 Å². The lowest BCUT2D eigenvalue weighted by molar-refractivity contribution is -0.114. The van der Waals surface area contributed by atoms with Crippen molar-refractivity contribution < 1.29 is 13.2 Å². The molecule has 6 nitrogen and oxygen atoms in total. The van der Waals surface area contributed by atoms with Gasteiger partial charge in [-0.1, -0.05) is 6.42 Å². The predicted molar refractivity (Wildman–Crippen MR) is 76.2 cm³/mol. The molecule has 1 aromatic rings. The second kappa shape index (κ2) is 5.06. The molecule has 1 amide bonds. The van der Waals surface area contributed by atoms with Crippen LogP contribution in [0.15, 0.2) is 23.1 Å². The number of rotatable bonds is 2. The van der Waals surface area contributed by atoms with Crippen LogP contribution in [0.4, 0.5) is 11.4 Å². The Balaban J connectivity index is 1.93. The highest BCUT2D eigenvalue weighted by Crippen LogP contribution is 2.29. The molecule has 0 unspecified atom stereocenters. The van der Waals surface area contributed by atoms with Crippen LogP contribution in [0.1, 0.15) is 19.3 Å². The minimum absolute atomic E-state index is 0.162. The number of hydrogen-bond donors (Lipinski definition) is 2. The van der Waals surface area contributed by atoms with Crippen molar-refractivity contribution in [2.45, 2.75) is 24.2 Å². The Morgan fingerprint density at radius 3 is 2.55 bits per heavy atom. The van der Waals surface area contributed by atoms with E-state index in [4.69, 9.17) is 0 Å². The van der Waals surface area contributed by atoms with E-state index in [0.717, 1.165) is 24.9 Å². The standard InChI is InChI=1S/C13H17N3O3S/c17-13-9-14-11-5-4-10(8-12(11)15-13)20(18,19)16-6-2-1-3-7-16/h4-5,8,14H,1-3,6-7,9H2,(H,15,17). The molecule has 108 valence electrons. The quantitative estimate of drug-likeness (QED) is 0.860. The zero-order chi connectivity index (χ0) is 14.2. The summed E-state index contributed by atoms with van der Waals surface area (Å²) in [4.78, 5) is 11.6. The first-order valence-electron chi connectivity index (χ1n) is 6.75. The van der Waals surface area contributed by atoms with Gasteiger partial charge < -0.3 is 10.6 Å². The number of sulfonamides is 1. The van der Waals surface area contributed by atoms with Gasteiger partial charge in [0, 0.05) is 13.1 Å². The number of hydrogen-bond acceptors (Lipinski definition) is 4. The number of nitrogens with one attached hydrogen (secondary N) is 2. The van der Waals surface area contributed by atoms with Crippen molar-refractivity contribution in [3.8, 4) is 0 Å². The second-order valence-electron chi connectivity index (χ2n) is 5.07. The van der Waals surface area contributed by atoms with E-state index in [-0.39, 0.29) is 17.3 Å². The molecule has 2 heterocycles. The number of anilines is 2. The second-order valence-corrected chi connectivity index (χ2v) is 7.01. The van der Waals surface area contributed by atoms with Crippen molar-refractivity contribution >= 4 is 27.3 Å². The first kappa shape index (κ1) is 13.4. The number of nitrogens with zero attached hydrogens (tertiary/aromatic N) is 1. The fourth-order valence-electron chi connectivity index (χ4n) is 2.57. The van der Waals surface area contributed by atoms with Crippen molar-refractivity contribution in [3.63, 3.8) is 0 Å². The van der Waals surface area contributed by atoms with Gasteiger partial charge in [-0.25, -0.2) is 8.42 Å². The average molecular weight is 295 g/mol. The molecular formula is C13H17N3O3S. The van der Waals surface area contributed by atoms with Crippen molar-refractivity contribution in [3.05, 3.63) is 18.2 Å². The lowest BCUT2D eigenvalue weighted by Gasteiger charge is -2.26. The molecule has 1 fully saturated rings. The van der Waals surface area contributed by atoms with Gasteiger partial charge in [0.2, 0.25) is 15.9 Å². The molecule has 20 heavy (non-hydrogen) atoms. The van der Waals surface area contributed by atoms with Crippen LogP contribution >= 0.6 is 0 Å². The van der Waals surface area contributed by atoms with Crippen LogP contribution < -0.4 is 10.6 Å². The van der Waals surface area contributed by atoms with E-state index in [1.807, 2.05) is 0 Å². The van der Waals surface area contributed by atoms with E-state index in [1.165, 1.54) is 10.4 Å². The summed E-state index contributed by atoms with van der Waals surface area (Å²) in [5, 5.41) is 5.64. The van der Waals surface area contributed by atoms with Crippen LogP contribution in [0.5, 0.6) is 0 Å². The molecule has 2 aliphatic heterocycles. The van der Waals surface area contributed by atoms with Crippen LogP contribution in [0.2, 0.25) is 0 Å². The Kier molecular flexibility index (Phi) is 3.39. The van der Waals surface area contributed by atoms with Crippen LogP contribution in [0, 0.1) is 0 Å². The van der Waals surface area contributed by atoms with Crippen LogP contribution in [-0.2, 0) is 14.8 Å². The summed E-state index contributed by atoms with van der Waals surface area (Å²) in [7, 11) is -3.46. The zero-order valence-corrected chi connectivity index (χ0v) is 11.9. The number of benzene rings is 1. The van der Waals surface area contributed by atoms with Crippen molar-refractivity contribution in [2.75, 3.05) is 30.3 Å². The van der Waals surface area contributed by atoms with Gasteiger partial charge in [0.05, 0.1) is 22.8 Å². The van der Waals surface area contributed by atoms with Gasteiger partial charge in [0.15, 0.2) is 0 Å². The minimum atomic E-state index is -3.46. The molecule has 2 aliphatic rings. The topological polar surface area (TPSA) is 78.5 Å². The van der Waals surface area contributed by atoms with E-state index in [9.17, 15) is 13.2 Å². The van der Waals surface area contributed by atoms with Crippen LogP contribution in [-0.4, -0.2) is 38.3 Å². The summed E-state index contributed by atoms with van der Waals surface area (Å²) in [5.74, 6) is -0.162. The van der Waals surface area contributed by atoms with Gasteiger partial charge >= 0.3 is 0 Å². The lowest BCUT2D eigenvalue weighted by Crippen LogP contribution is -2.35. The van der Waals surface area contributed by atoms with Gasteiger partial charge in [-0.2, -0.15) is 4.31 Å². The summed E-state index contributed by atoms with van der Waals surface area (Å²) in [6.07, 6.45) is 2.89. The largest absolute Gasteiger partial charge is 0.374 e. The van der Waals surface area contributed by atoms with E-state index >= 15 is 0 Å². The monoisotopic (exact) mass is 295 g/mol. The molecule has 7 heteroatoms. The normalized spacial score (nSPS) is 19.9. The van der Waals surface area contributed by atoms with Gasteiger partial charge in [-0.15, -0.1) is 0 Å². The van der Waals surface area contributed by atoms with E-state index in [1.54, 1.807) is 12.1 Å². The number of fused-ring (bicyclic) bond motifs is 1. The number of piperidine rings is 1. The molecule has 1 saturated heterocycles. The molecule has 0 radical (unpaired) electrons. The number of amides is 1. The zero-order valence-electron chi connectivity index (χ0n) is 11.1. The molecule has 1 aromatic carbocycles. The summed E-state index contributed by atoms with van der Waals surface area (Å²) in [6, 6.07) is 4.82. The SMILES string of the molecule is O=C1CNc2ccc(S(=O)(=O)N3CCCCC3)cc2N1. The Bertz CT molecular complexity index is 636. The molecule has 0 spiro atoms. The van der Waals surface area contributed by atoms with Crippen molar-refractivity contribution in [1.29, 1.82) is 0 Å². The predicted octanol–water partition coefficient (Wildman–Crippen LogP) is 1.23. The molecular weight excluding hydrogens is 278 g/mol. The third-order valence-corrected chi connectivity index (χ3v) is 5.55. The van der Waals surface area contributed by atoms with Gasteiger partial charge in [0.25, 0.3) is 0 Å².